The molecular weight excluding hydrogens is 310 g/mol. The maximum absolute atomic E-state index is 11.8. The first-order valence-corrected chi connectivity index (χ1v) is 8.21. The minimum Gasteiger partial charge on any atom is -0.338 e. The van der Waals surface area contributed by atoms with E-state index in [2.05, 4.69) is 49.0 Å². The number of halogens is 1. The smallest absolute Gasteiger partial charge is 0.315 e. The van der Waals surface area contributed by atoms with Gasteiger partial charge in [-0.05, 0) is 49.6 Å². The van der Waals surface area contributed by atoms with E-state index < -0.39 is 0 Å². The van der Waals surface area contributed by atoms with Crippen molar-refractivity contribution in [1.82, 2.24) is 15.2 Å². The van der Waals surface area contributed by atoms with Crippen LogP contribution < -0.4 is 10.6 Å². The van der Waals surface area contributed by atoms with Crippen LogP contribution >= 0.6 is 11.6 Å². The highest BCUT2D eigenvalue weighted by Crippen LogP contribution is 2.22. The number of rotatable bonds is 5. The summed E-state index contributed by atoms with van der Waals surface area (Å²) in [5.41, 5.74) is 4.35. The van der Waals surface area contributed by atoms with Gasteiger partial charge < -0.3 is 15.2 Å². The van der Waals surface area contributed by atoms with Crippen LogP contribution in [0.1, 0.15) is 30.8 Å². The van der Waals surface area contributed by atoms with Crippen molar-refractivity contribution in [2.24, 2.45) is 5.92 Å². The molecule has 2 aromatic rings. The van der Waals surface area contributed by atoms with Gasteiger partial charge >= 0.3 is 6.03 Å². The van der Waals surface area contributed by atoms with Gasteiger partial charge in [0.2, 0.25) is 0 Å². The number of aryl methyl sites for hydroxylation is 1. The summed E-state index contributed by atoms with van der Waals surface area (Å²) in [6.45, 7) is 9.42. The third-order valence-corrected chi connectivity index (χ3v) is 3.95. The number of nitrogens with one attached hydrogen (secondary N) is 2. The molecule has 0 aliphatic rings. The first-order valence-electron chi connectivity index (χ1n) is 7.84. The topological polar surface area (TPSA) is 46.1 Å². The molecule has 4 nitrogen and oxygen atoms in total. The number of carbonyl (C=O) groups excluding carboxylic acids is 1. The SMILES string of the molecule is Cc1cc(CNC(=O)NCC(C)C)c(C)n1-c1cccc(Cl)c1. The van der Waals surface area contributed by atoms with Crippen LogP contribution in [-0.2, 0) is 6.54 Å². The molecule has 0 aliphatic heterocycles. The van der Waals surface area contributed by atoms with Crippen molar-refractivity contribution < 1.29 is 4.79 Å². The fourth-order valence-electron chi connectivity index (χ4n) is 2.56. The van der Waals surface area contributed by atoms with Crippen LogP contribution in [0.3, 0.4) is 0 Å². The molecule has 1 aromatic carbocycles. The van der Waals surface area contributed by atoms with Crippen LogP contribution in [0.2, 0.25) is 5.02 Å². The van der Waals surface area contributed by atoms with E-state index in [-0.39, 0.29) is 6.03 Å². The quantitative estimate of drug-likeness (QED) is 0.846. The second kappa shape index (κ2) is 7.55. The van der Waals surface area contributed by atoms with Gasteiger partial charge in [0.25, 0.3) is 0 Å². The van der Waals surface area contributed by atoms with Gasteiger partial charge in [-0.3, -0.25) is 0 Å². The zero-order valence-corrected chi connectivity index (χ0v) is 14.9. The van der Waals surface area contributed by atoms with Gasteiger partial charge in [-0.15, -0.1) is 0 Å². The average Bonchev–Trinajstić information content (AvgIpc) is 2.77. The van der Waals surface area contributed by atoms with Crippen molar-refractivity contribution in [3.63, 3.8) is 0 Å². The van der Waals surface area contributed by atoms with Gasteiger partial charge in [-0.25, -0.2) is 4.79 Å². The summed E-state index contributed by atoms with van der Waals surface area (Å²) in [6, 6.07) is 9.73. The number of hydrogen-bond acceptors (Lipinski definition) is 1. The van der Waals surface area contributed by atoms with Crippen LogP contribution in [0.4, 0.5) is 4.79 Å². The molecule has 124 valence electrons. The number of carbonyl (C=O) groups is 1. The Hall–Kier alpha value is -1.94. The number of benzene rings is 1. The van der Waals surface area contributed by atoms with Gasteiger partial charge in [0.05, 0.1) is 0 Å². The Morgan fingerprint density at radius 3 is 2.61 bits per heavy atom. The van der Waals surface area contributed by atoms with E-state index in [9.17, 15) is 4.79 Å². The predicted octanol–water partition coefficient (Wildman–Crippen LogP) is 4.20. The summed E-state index contributed by atoms with van der Waals surface area (Å²) < 4.78 is 2.15. The van der Waals surface area contributed by atoms with E-state index in [1.165, 1.54) is 0 Å². The molecule has 0 radical (unpaired) electrons. The third kappa shape index (κ3) is 4.52. The summed E-state index contributed by atoms with van der Waals surface area (Å²) >= 11 is 6.09. The first-order chi connectivity index (χ1) is 10.9. The second-order valence-corrected chi connectivity index (χ2v) is 6.61. The highest BCUT2D eigenvalue weighted by atomic mass is 35.5. The summed E-state index contributed by atoms with van der Waals surface area (Å²) in [6.07, 6.45) is 0. The van der Waals surface area contributed by atoms with Crippen molar-refractivity contribution >= 4 is 17.6 Å². The summed E-state index contributed by atoms with van der Waals surface area (Å²) in [5.74, 6) is 0.439. The molecular formula is C18H24ClN3O. The summed E-state index contributed by atoms with van der Waals surface area (Å²) in [7, 11) is 0. The molecule has 23 heavy (non-hydrogen) atoms. The molecule has 0 atom stereocenters. The first kappa shape index (κ1) is 17.4. The number of hydrogen-bond donors (Lipinski definition) is 2. The van der Waals surface area contributed by atoms with E-state index in [0.29, 0.717) is 24.0 Å². The molecule has 0 spiro atoms. The van der Waals surface area contributed by atoms with Crippen molar-refractivity contribution in [3.8, 4) is 5.69 Å². The minimum atomic E-state index is -0.133. The third-order valence-electron chi connectivity index (χ3n) is 3.71. The number of aromatic nitrogens is 1. The number of urea groups is 1. The molecule has 0 aliphatic carbocycles. The van der Waals surface area contributed by atoms with Crippen LogP contribution in [0.25, 0.3) is 5.69 Å². The molecule has 0 saturated heterocycles. The lowest BCUT2D eigenvalue weighted by Crippen LogP contribution is -2.37. The van der Waals surface area contributed by atoms with Crippen molar-refractivity contribution in [2.45, 2.75) is 34.2 Å². The Morgan fingerprint density at radius 2 is 1.96 bits per heavy atom. The van der Waals surface area contributed by atoms with E-state index in [4.69, 9.17) is 11.6 Å². The van der Waals surface area contributed by atoms with Gasteiger partial charge in [-0.2, -0.15) is 0 Å². The number of nitrogens with zero attached hydrogens (tertiary/aromatic N) is 1. The highest BCUT2D eigenvalue weighted by Gasteiger charge is 2.12. The van der Waals surface area contributed by atoms with E-state index in [0.717, 1.165) is 22.6 Å². The maximum atomic E-state index is 11.8. The Labute approximate surface area is 142 Å². The van der Waals surface area contributed by atoms with Crippen LogP contribution in [0.5, 0.6) is 0 Å². The van der Waals surface area contributed by atoms with Crippen LogP contribution in [-0.4, -0.2) is 17.1 Å². The average molecular weight is 334 g/mol. The lowest BCUT2D eigenvalue weighted by Gasteiger charge is -2.11. The Bertz CT molecular complexity index is 692. The van der Waals surface area contributed by atoms with Gasteiger partial charge in [0, 0.05) is 35.2 Å². The molecule has 0 saturated carbocycles. The normalized spacial score (nSPS) is 10.9. The molecule has 0 unspecified atom stereocenters. The minimum absolute atomic E-state index is 0.133. The zero-order valence-electron chi connectivity index (χ0n) is 14.1. The van der Waals surface area contributed by atoms with Crippen molar-refractivity contribution in [2.75, 3.05) is 6.54 Å². The summed E-state index contributed by atoms with van der Waals surface area (Å²) in [4.78, 5) is 11.8. The van der Waals surface area contributed by atoms with Gasteiger partial charge in [0.1, 0.15) is 0 Å². The second-order valence-electron chi connectivity index (χ2n) is 6.17. The van der Waals surface area contributed by atoms with E-state index in [1.54, 1.807) is 0 Å². The monoisotopic (exact) mass is 333 g/mol. The van der Waals surface area contributed by atoms with Crippen LogP contribution in [0.15, 0.2) is 30.3 Å². The maximum Gasteiger partial charge on any atom is 0.315 e. The molecule has 5 heteroatoms. The van der Waals surface area contributed by atoms with E-state index >= 15 is 0 Å². The fraction of sp³-hybridized carbons (Fsp3) is 0.389. The molecule has 1 heterocycles. The van der Waals surface area contributed by atoms with Gasteiger partial charge in [0.15, 0.2) is 0 Å². The molecule has 0 bridgehead atoms. The van der Waals surface area contributed by atoms with Crippen molar-refractivity contribution in [3.05, 3.63) is 52.3 Å². The highest BCUT2D eigenvalue weighted by molar-refractivity contribution is 6.30. The fourth-order valence-corrected chi connectivity index (χ4v) is 2.74. The van der Waals surface area contributed by atoms with Gasteiger partial charge in [-0.1, -0.05) is 31.5 Å². The van der Waals surface area contributed by atoms with Crippen LogP contribution in [0, 0.1) is 19.8 Å². The Balaban J connectivity index is 2.10. The molecule has 2 rings (SSSR count). The Morgan fingerprint density at radius 1 is 1.22 bits per heavy atom. The predicted molar refractivity (Wildman–Crippen MR) is 95.3 cm³/mol. The molecule has 2 N–H and O–H groups in total. The zero-order chi connectivity index (χ0) is 17.0. The molecule has 2 amide bonds. The summed E-state index contributed by atoms with van der Waals surface area (Å²) in [5, 5.41) is 6.48. The molecule has 0 fully saturated rings. The standard InChI is InChI=1S/C18H24ClN3O/c1-12(2)10-20-18(23)21-11-15-8-13(3)22(14(15)4)17-7-5-6-16(19)9-17/h5-9,12H,10-11H2,1-4H3,(H2,20,21,23). The van der Waals surface area contributed by atoms with Crippen molar-refractivity contribution in [1.29, 1.82) is 0 Å². The molecule has 1 aromatic heterocycles. The largest absolute Gasteiger partial charge is 0.338 e. The van der Waals surface area contributed by atoms with E-state index in [1.807, 2.05) is 24.3 Å². The lowest BCUT2D eigenvalue weighted by molar-refractivity contribution is 0.239. The number of amides is 2. The Kier molecular flexibility index (Phi) is 5.72. The lowest BCUT2D eigenvalue weighted by atomic mass is 10.2.